The maximum Gasteiger partial charge on any atom is 0.416 e. The van der Waals surface area contributed by atoms with Gasteiger partial charge in [-0.1, -0.05) is 28.9 Å². The molecule has 0 unspecified atom stereocenters. The summed E-state index contributed by atoms with van der Waals surface area (Å²) >= 11 is 6.22. The molecule has 0 saturated carbocycles. The van der Waals surface area contributed by atoms with Gasteiger partial charge in [0.15, 0.2) is 5.76 Å². The Labute approximate surface area is 234 Å². The number of alkyl halides is 6. The highest BCUT2D eigenvalue weighted by molar-refractivity contribution is 6.32. The molecule has 0 amide bonds. The number of benzene rings is 2. The normalized spacial score (nSPS) is 15.1. The second-order valence-corrected chi connectivity index (χ2v) is 9.31. The molecular formula is C26H23ClF6N4O4. The molecule has 0 radical (unpaired) electrons. The molecule has 220 valence electrons. The molecule has 0 bridgehead atoms. The summed E-state index contributed by atoms with van der Waals surface area (Å²) in [5.74, 6) is -0.944. The number of rotatable bonds is 8. The van der Waals surface area contributed by atoms with Crippen LogP contribution in [0.15, 0.2) is 52.1 Å². The Morgan fingerprint density at radius 3 is 2.24 bits per heavy atom. The molecule has 15 heteroatoms. The van der Waals surface area contributed by atoms with Crippen LogP contribution >= 0.6 is 11.6 Å². The molecule has 1 saturated heterocycles. The number of aliphatic hydroxyl groups excluding tert-OH is 1. The molecule has 41 heavy (non-hydrogen) atoms. The molecule has 1 aromatic heterocycles. The Kier molecular flexibility index (Phi) is 8.85. The summed E-state index contributed by atoms with van der Waals surface area (Å²) in [5.41, 5.74) is 2.80. The van der Waals surface area contributed by atoms with Crippen LogP contribution in [0, 0.1) is 0 Å². The van der Waals surface area contributed by atoms with E-state index in [0.717, 1.165) is 0 Å². The van der Waals surface area contributed by atoms with Gasteiger partial charge < -0.3 is 30.3 Å². The van der Waals surface area contributed by atoms with Crippen LogP contribution in [0.4, 0.5) is 32.0 Å². The van der Waals surface area contributed by atoms with E-state index >= 15 is 0 Å². The average molecular weight is 605 g/mol. The zero-order valence-electron chi connectivity index (χ0n) is 21.1. The van der Waals surface area contributed by atoms with Crippen molar-refractivity contribution >= 4 is 28.8 Å². The van der Waals surface area contributed by atoms with Crippen LogP contribution in [0.1, 0.15) is 44.1 Å². The number of para-hydroxylation sites is 1. The maximum absolute atomic E-state index is 13.7. The number of aliphatic hydroxyl groups is 1. The van der Waals surface area contributed by atoms with E-state index in [1.165, 1.54) is 0 Å². The topological polar surface area (TPSA) is 114 Å². The van der Waals surface area contributed by atoms with Crippen molar-refractivity contribution < 1.29 is 45.5 Å². The fourth-order valence-corrected chi connectivity index (χ4v) is 4.38. The number of ketones is 1. The zero-order chi connectivity index (χ0) is 29.9. The Morgan fingerprint density at radius 2 is 1.66 bits per heavy atom. The predicted octanol–water partition coefficient (Wildman–Crippen LogP) is 4.89. The number of ether oxygens (including phenoxy) is 1. The highest BCUT2D eigenvalue weighted by Crippen LogP contribution is 2.36. The minimum atomic E-state index is -5.03. The van der Waals surface area contributed by atoms with E-state index < -0.39 is 53.3 Å². The average Bonchev–Trinajstić information content (AvgIpc) is 3.38. The molecule has 4 rings (SSSR count). The predicted molar refractivity (Wildman–Crippen MR) is 136 cm³/mol. The highest BCUT2D eigenvalue weighted by Gasteiger charge is 2.37. The minimum Gasteiger partial charge on any atom is -0.393 e. The Balaban J connectivity index is 1.66. The third-order valence-electron chi connectivity index (χ3n) is 6.22. The summed E-state index contributed by atoms with van der Waals surface area (Å²) < 4.78 is 89.8. The third kappa shape index (κ3) is 6.77. The monoisotopic (exact) mass is 604 g/mol. The molecular weight excluding hydrogens is 582 g/mol. The van der Waals surface area contributed by atoms with Gasteiger partial charge in [-0.3, -0.25) is 4.79 Å². The van der Waals surface area contributed by atoms with Crippen LogP contribution in [-0.4, -0.2) is 42.3 Å². The maximum atomic E-state index is 13.7. The number of nitrogens with two attached hydrogens (primary N) is 1. The van der Waals surface area contributed by atoms with Crippen molar-refractivity contribution in [3.63, 3.8) is 0 Å². The molecule has 4 N–H and O–H groups in total. The van der Waals surface area contributed by atoms with Crippen molar-refractivity contribution in [2.24, 2.45) is 5.73 Å². The summed E-state index contributed by atoms with van der Waals surface area (Å²) in [6.07, 6.45) is -10.1. The second-order valence-electron chi connectivity index (χ2n) is 8.93. The number of anilines is 1. The smallest absolute Gasteiger partial charge is 0.393 e. The second kappa shape index (κ2) is 12.0. The number of nitrogens with one attached hydrogen (secondary N) is 1. The lowest BCUT2D eigenvalue weighted by Gasteiger charge is -2.30. The van der Waals surface area contributed by atoms with Crippen LogP contribution in [0.25, 0.3) is 5.70 Å². The zero-order valence-corrected chi connectivity index (χ0v) is 21.8. The minimum absolute atomic E-state index is 0.00683. The molecule has 0 spiro atoms. The lowest BCUT2D eigenvalue weighted by Crippen LogP contribution is -2.37. The first kappa shape index (κ1) is 30.2. The summed E-state index contributed by atoms with van der Waals surface area (Å²) in [6, 6.07) is 7.78. The lowest BCUT2D eigenvalue weighted by atomic mass is 9.98. The van der Waals surface area contributed by atoms with Crippen molar-refractivity contribution in [1.82, 2.24) is 10.5 Å². The molecule has 1 aliphatic rings. The van der Waals surface area contributed by atoms with E-state index in [1.807, 2.05) is 4.90 Å². The van der Waals surface area contributed by atoms with Gasteiger partial charge in [-0.25, -0.2) is 0 Å². The number of hydrogen-bond acceptors (Lipinski definition) is 8. The number of aromatic nitrogens is 1. The molecule has 1 aliphatic heterocycles. The number of hydrogen-bond donors (Lipinski definition) is 3. The van der Waals surface area contributed by atoms with Crippen LogP contribution in [-0.2, 0) is 30.2 Å². The first-order valence-corrected chi connectivity index (χ1v) is 12.4. The fraction of sp³-hybridized carbons (Fsp3) is 0.308. The van der Waals surface area contributed by atoms with Gasteiger partial charge in [-0.2, -0.15) is 26.3 Å². The van der Waals surface area contributed by atoms with Crippen molar-refractivity contribution in [3.05, 3.63) is 86.9 Å². The summed E-state index contributed by atoms with van der Waals surface area (Å²) in [7, 11) is 0. The highest BCUT2D eigenvalue weighted by atomic mass is 35.5. The molecule has 3 aromatic rings. The van der Waals surface area contributed by atoms with Gasteiger partial charge in [0.2, 0.25) is 5.78 Å². The number of nitrogens with zero attached hydrogens (tertiary/aromatic N) is 2. The Bertz CT molecular complexity index is 1420. The molecule has 2 heterocycles. The van der Waals surface area contributed by atoms with E-state index in [9.17, 15) is 36.2 Å². The van der Waals surface area contributed by atoms with Crippen molar-refractivity contribution in [3.8, 4) is 0 Å². The van der Waals surface area contributed by atoms with Crippen LogP contribution in [0.5, 0.6) is 0 Å². The SMILES string of the molecule is N/C(=C(/Cl)NCc1cc(C(F)(F)F)cc(C(F)(F)F)c1)c1onc(CO)c1C(=O)c1ccccc1N1CCOCC1. The quantitative estimate of drug-likeness (QED) is 0.189. The number of morpholine rings is 1. The number of carbonyl (C=O) groups is 1. The summed E-state index contributed by atoms with van der Waals surface area (Å²) in [4.78, 5) is 15.7. The van der Waals surface area contributed by atoms with Gasteiger partial charge in [0.1, 0.15) is 16.5 Å². The lowest BCUT2D eigenvalue weighted by molar-refractivity contribution is -0.143. The van der Waals surface area contributed by atoms with Gasteiger partial charge in [-0.05, 0) is 35.9 Å². The van der Waals surface area contributed by atoms with Gasteiger partial charge >= 0.3 is 12.4 Å². The van der Waals surface area contributed by atoms with E-state index in [0.29, 0.717) is 44.1 Å². The van der Waals surface area contributed by atoms with E-state index in [-0.39, 0.29) is 34.2 Å². The largest absolute Gasteiger partial charge is 0.416 e. The van der Waals surface area contributed by atoms with E-state index in [1.54, 1.807) is 24.3 Å². The first-order chi connectivity index (χ1) is 19.3. The van der Waals surface area contributed by atoms with Gasteiger partial charge in [-0.15, -0.1) is 0 Å². The van der Waals surface area contributed by atoms with Gasteiger partial charge in [0.25, 0.3) is 0 Å². The van der Waals surface area contributed by atoms with Crippen molar-refractivity contribution in [2.45, 2.75) is 25.5 Å². The number of carbonyl (C=O) groups excluding carboxylic acids is 1. The molecule has 1 fully saturated rings. The van der Waals surface area contributed by atoms with Gasteiger partial charge in [0.05, 0.1) is 36.5 Å². The molecule has 0 atom stereocenters. The van der Waals surface area contributed by atoms with Crippen LogP contribution < -0.4 is 16.0 Å². The summed E-state index contributed by atoms with van der Waals surface area (Å²) in [6.45, 7) is 0.671. The standard InChI is InChI=1S/C26H23ClF6N4O4/c27-24(35-12-14-9-15(25(28,29)30)11-16(10-14)26(31,32)33)21(34)23-20(18(13-38)36-41-23)22(39)17-3-1-2-4-19(17)37-5-7-40-8-6-37/h1-4,9-11,35,38H,5-8,12-13,34H2/b24-21-. The molecule has 2 aromatic carbocycles. The van der Waals surface area contributed by atoms with Crippen LogP contribution in [0.2, 0.25) is 0 Å². The summed E-state index contributed by atoms with van der Waals surface area (Å²) in [5, 5.41) is 15.5. The van der Waals surface area contributed by atoms with E-state index in [2.05, 4.69) is 10.5 Å². The Hall–Kier alpha value is -3.75. The van der Waals surface area contributed by atoms with E-state index in [4.69, 9.17) is 26.6 Å². The third-order valence-corrected chi connectivity index (χ3v) is 6.55. The van der Waals surface area contributed by atoms with Crippen LogP contribution in [0.3, 0.4) is 0 Å². The molecule has 8 nitrogen and oxygen atoms in total. The number of halogens is 7. The first-order valence-electron chi connectivity index (χ1n) is 12.0. The molecule has 0 aliphatic carbocycles. The Morgan fingerprint density at radius 1 is 1.05 bits per heavy atom. The van der Waals surface area contributed by atoms with Gasteiger partial charge in [0, 0.05) is 30.9 Å². The van der Waals surface area contributed by atoms with Crippen molar-refractivity contribution in [2.75, 3.05) is 31.2 Å². The fourth-order valence-electron chi connectivity index (χ4n) is 4.23. The van der Waals surface area contributed by atoms with Crippen molar-refractivity contribution in [1.29, 1.82) is 0 Å².